The smallest absolute Gasteiger partial charge is 0.408 e. The molecule has 0 atom stereocenters. The first kappa shape index (κ1) is 30.2. The fourth-order valence-electron chi connectivity index (χ4n) is 0.714. The summed E-state index contributed by atoms with van der Waals surface area (Å²) in [6, 6.07) is 0.944. The van der Waals surface area contributed by atoms with E-state index in [-0.39, 0.29) is 0 Å². The molecule has 0 aliphatic rings. The number of nitriles is 1. The van der Waals surface area contributed by atoms with Crippen LogP contribution in [0.1, 0.15) is 26.7 Å². The minimum absolute atomic E-state index is 0.833. The lowest BCUT2D eigenvalue weighted by molar-refractivity contribution is -0.170. The molecule has 7 N–H and O–H groups in total. The summed E-state index contributed by atoms with van der Waals surface area (Å²) in [7, 11) is 0. The van der Waals surface area contributed by atoms with Crippen LogP contribution < -0.4 is 0 Å². The molecule has 0 aliphatic carbocycles. The number of carbonyl (C=O) groups is 6. The maximum Gasteiger partial charge on any atom is 0.408 e. The molecule has 0 saturated carbocycles. The fraction of sp³-hybridized carbons (Fsp3) is 0.417. The molecule has 0 rings (SSSR count). The zero-order valence-electron chi connectivity index (χ0n) is 13.4. The molecule has 0 fully saturated rings. The van der Waals surface area contributed by atoms with E-state index in [9.17, 15) is 14.4 Å². The van der Waals surface area contributed by atoms with Gasteiger partial charge in [0.2, 0.25) is 0 Å². The van der Waals surface area contributed by atoms with E-state index in [0.717, 1.165) is 19.9 Å². The van der Waals surface area contributed by atoms with E-state index >= 15 is 0 Å². The van der Waals surface area contributed by atoms with Crippen molar-refractivity contribution in [2.24, 2.45) is 0 Å². The third kappa shape index (κ3) is 37.0. The Morgan fingerprint density at radius 2 is 0.962 bits per heavy atom. The second kappa shape index (κ2) is 16.1. The van der Waals surface area contributed by atoms with Crippen LogP contribution in [0.4, 0.5) is 0 Å². The highest BCUT2D eigenvalue weighted by Crippen LogP contribution is 2.15. The van der Waals surface area contributed by atoms with Crippen LogP contribution in [0.25, 0.3) is 0 Å². The first-order valence-electron chi connectivity index (χ1n) is 5.93. The van der Waals surface area contributed by atoms with Gasteiger partial charge in [0.25, 0.3) is 11.9 Å². The molecule has 0 aromatic heterocycles. The minimum atomic E-state index is -2.74. The lowest BCUT2D eigenvalue weighted by atomic mass is 9.96. The molecule has 0 bridgehead atoms. The largest absolute Gasteiger partial charge is 0.481 e. The zero-order chi connectivity index (χ0) is 22.1. The van der Waals surface area contributed by atoms with E-state index in [1.807, 2.05) is 0 Å². The second-order valence-corrected chi connectivity index (χ2v) is 3.93. The third-order valence-electron chi connectivity index (χ3n) is 1.38. The summed E-state index contributed by atoms with van der Waals surface area (Å²) in [4.78, 5) is 57.5. The first-order valence-corrected chi connectivity index (χ1v) is 5.93. The lowest BCUT2D eigenvalue weighted by Gasteiger charge is -2.18. The highest BCUT2D eigenvalue weighted by atomic mass is 16.4. The molecule has 0 heterocycles. The van der Waals surface area contributed by atoms with Gasteiger partial charge in [-0.05, 0) is 0 Å². The van der Waals surface area contributed by atoms with Crippen molar-refractivity contribution in [2.45, 2.75) is 32.3 Å². The Bertz CT molecular complexity index is 524. The van der Waals surface area contributed by atoms with Gasteiger partial charge in [-0.2, -0.15) is 5.26 Å². The van der Waals surface area contributed by atoms with Crippen LogP contribution in [0, 0.1) is 11.3 Å². The van der Waals surface area contributed by atoms with Gasteiger partial charge in [-0.15, -0.1) is 0 Å². The van der Waals surface area contributed by atoms with Crippen molar-refractivity contribution in [1.82, 2.24) is 0 Å². The Hall–Kier alpha value is -3.73. The topological polar surface area (TPSA) is 268 Å². The van der Waals surface area contributed by atoms with Crippen LogP contribution in [-0.2, 0) is 28.8 Å². The lowest BCUT2D eigenvalue weighted by Crippen LogP contribution is -2.42. The van der Waals surface area contributed by atoms with Crippen molar-refractivity contribution >= 4 is 35.8 Å². The molecule has 0 amide bonds. The number of nitrogens with zero attached hydrogens (tertiary/aromatic N) is 1. The van der Waals surface area contributed by atoms with Gasteiger partial charge in [-0.1, -0.05) is 0 Å². The summed E-state index contributed by atoms with van der Waals surface area (Å²) < 4.78 is 0. The molecule has 0 spiro atoms. The van der Waals surface area contributed by atoms with E-state index in [4.69, 9.17) is 55.4 Å². The highest BCUT2D eigenvalue weighted by Gasteiger charge is 2.40. The van der Waals surface area contributed by atoms with Gasteiger partial charge in [0.1, 0.15) is 0 Å². The van der Waals surface area contributed by atoms with Crippen LogP contribution in [0.15, 0.2) is 0 Å². The van der Waals surface area contributed by atoms with Crippen LogP contribution >= 0.6 is 0 Å². The van der Waals surface area contributed by atoms with E-state index in [1.54, 1.807) is 0 Å². The Morgan fingerprint density at radius 3 is 1.04 bits per heavy atom. The van der Waals surface area contributed by atoms with Gasteiger partial charge in [-0.3, -0.25) is 19.2 Å². The molecule has 14 nitrogen and oxygen atoms in total. The van der Waals surface area contributed by atoms with Gasteiger partial charge >= 0.3 is 23.9 Å². The van der Waals surface area contributed by atoms with Crippen LogP contribution in [-0.4, -0.2) is 77.2 Å². The van der Waals surface area contributed by atoms with Crippen molar-refractivity contribution in [3.63, 3.8) is 0 Å². The number of aliphatic hydroxyl groups is 1. The van der Waals surface area contributed by atoms with Crippen molar-refractivity contribution in [3.05, 3.63) is 0 Å². The first-order chi connectivity index (χ1) is 11.5. The average molecular weight is 383 g/mol. The monoisotopic (exact) mass is 383 g/mol. The van der Waals surface area contributed by atoms with Gasteiger partial charge in [0.05, 0.1) is 12.8 Å². The minimum Gasteiger partial charge on any atom is -0.481 e. The number of carboxylic acid groups (broad SMARTS) is 6. The average Bonchev–Trinajstić information content (AvgIpc) is 2.35. The second-order valence-electron chi connectivity index (χ2n) is 3.93. The Morgan fingerprint density at radius 1 is 0.769 bits per heavy atom. The SMILES string of the molecule is CC(=O)O.CC(=O)O.N#CC(=O)O.O=C(O)CC(O)(CC(=O)O)C(=O)O. The van der Waals surface area contributed by atoms with Crippen molar-refractivity contribution < 1.29 is 64.5 Å². The number of hydrogen-bond acceptors (Lipinski definition) is 8. The molecule has 0 aromatic carbocycles. The maximum atomic E-state index is 10.3. The number of hydrogen-bond donors (Lipinski definition) is 7. The maximum absolute atomic E-state index is 10.3. The number of carboxylic acids is 6. The normalized spacial score (nSPS) is 8.38. The molecular formula is C12H17NO13. The van der Waals surface area contributed by atoms with E-state index in [0.29, 0.717) is 0 Å². The van der Waals surface area contributed by atoms with Gasteiger partial charge < -0.3 is 35.7 Å². The zero-order valence-corrected chi connectivity index (χ0v) is 13.4. The van der Waals surface area contributed by atoms with Crippen molar-refractivity contribution in [3.8, 4) is 6.07 Å². The van der Waals surface area contributed by atoms with Gasteiger partial charge in [-0.25, -0.2) is 9.59 Å². The summed E-state index contributed by atoms with van der Waals surface area (Å²) in [6.07, 6.45) is -2.29. The van der Waals surface area contributed by atoms with Crippen LogP contribution in [0.2, 0.25) is 0 Å². The summed E-state index contributed by atoms with van der Waals surface area (Å²) in [5.74, 6) is -8.13. The Balaban J connectivity index is -0.000000152. The summed E-state index contributed by atoms with van der Waals surface area (Å²) in [5, 5.41) is 63.3. The molecular weight excluding hydrogens is 366 g/mol. The molecule has 26 heavy (non-hydrogen) atoms. The molecule has 0 aliphatic heterocycles. The number of rotatable bonds is 5. The summed E-state index contributed by atoms with van der Waals surface area (Å²) >= 11 is 0. The molecule has 0 radical (unpaired) electrons. The predicted octanol–water partition coefficient (Wildman–Crippen LogP) is -1.47. The molecule has 0 unspecified atom stereocenters. The number of aliphatic carboxylic acids is 6. The van der Waals surface area contributed by atoms with E-state index in [2.05, 4.69) is 0 Å². The molecule has 0 saturated heterocycles. The highest BCUT2D eigenvalue weighted by molar-refractivity contribution is 5.88. The van der Waals surface area contributed by atoms with Crippen molar-refractivity contribution in [2.75, 3.05) is 0 Å². The molecule has 14 heteroatoms. The van der Waals surface area contributed by atoms with E-state index < -0.39 is 54.3 Å². The molecule has 0 aromatic rings. The Kier molecular flexibility index (Phi) is 18.7. The Labute approximate surface area is 145 Å². The van der Waals surface area contributed by atoms with Crippen LogP contribution in [0.5, 0.6) is 0 Å². The van der Waals surface area contributed by atoms with Gasteiger partial charge in [0.15, 0.2) is 11.7 Å². The fourth-order valence-corrected chi connectivity index (χ4v) is 0.714. The third-order valence-corrected chi connectivity index (χ3v) is 1.38. The van der Waals surface area contributed by atoms with Gasteiger partial charge in [0, 0.05) is 13.8 Å². The quantitative estimate of drug-likeness (QED) is 0.211. The standard InChI is InChI=1S/C6H8O7.C2HNO2.2C2H4O2/c7-3(8)1-6(13,5(11)12)2-4(9)10;3-1-2(4)5;2*1-2(3)4/h13H,1-2H2,(H,7,8)(H,9,10)(H,11,12);(H,4,5);2*1H3,(H,3,4). The van der Waals surface area contributed by atoms with E-state index in [1.165, 1.54) is 0 Å². The predicted molar refractivity (Wildman–Crippen MR) is 77.0 cm³/mol. The summed E-state index contributed by atoms with van der Waals surface area (Å²) in [5.41, 5.74) is -2.74. The summed E-state index contributed by atoms with van der Waals surface area (Å²) in [6.45, 7) is 2.17. The van der Waals surface area contributed by atoms with Crippen LogP contribution in [0.3, 0.4) is 0 Å². The van der Waals surface area contributed by atoms with Crippen molar-refractivity contribution in [1.29, 1.82) is 5.26 Å². The molecule has 148 valence electrons.